The van der Waals surface area contributed by atoms with Crippen molar-refractivity contribution in [1.29, 1.82) is 0 Å². The van der Waals surface area contributed by atoms with Crippen LogP contribution in [-0.2, 0) is 24.3 Å². The van der Waals surface area contributed by atoms with Crippen LogP contribution in [0.3, 0.4) is 0 Å². The molecular weight excluding hydrogens is 2010 g/mol. The van der Waals surface area contributed by atoms with Crippen LogP contribution in [0.25, 0.3) is 219 Å². The SMILES string of the molecule is CC(C)(C)OC(=O)C[C@H](N)C(=O)Nc1ccc2c3ccccc3c3[nH]c(-c4c[nH]c5ccc(Br)cc45)nc3c2c1.Cc1ccc(S(=O)(=O)n2c(-c3c[nH]c4ccc(Br)cc34)nc3c4ccccc4c4ccc(N)cc4c32)cc1.Cc1ccc2c3ccc(C)cc3c3[nH]c(-c4c[nH]c5ccc(Br)cc45)nc3c2c1.NCC(=O)n1c(-c2c[nH]c3ccc(Br)cc23)nc2c3ccccc3c3ccccc3c21. The average molecular weight is 2090 g/mol. The number of esters is 1. The summed E-state index contributed by atoms with van der Waals surface area (Å²) in [7, 11) is -4.06. The van der Waals surface area contributed by atoms with E-state index >= 15 is 0 Å². The fraction of sp³-hybridized carbons (Fsp3) is 0.0901. The number of hydrogen-bond donors (Lipinski definition) is 10. The zero-order chi connectivity index (χ0) is 95.2. The summed E-state index contributed by atoms with van der Waals surface area (Å²) in [5, 5.41) is 23.6. The fourth-order valence-electron chi connectivity index (χ4n) is 19.2. The van der Waals surface area contributed by atoms with Gasteiger partial charge in [0.2, 0.25) is 11.8 Å². The van der Waals surface area contributed by atoms with Crippen molar-refractivity contribution in [2.24, 2.45) is 11.5 Å². The van der Waals surface area contributed by atoms with Crippen LogP contribution in [-0.4, -0.2) is 103 Å². The van der Waals surface area contributed by atoms with Crippen molar-refractivity contribution >= 4 is 277 Å². The first-order valence-electron chi connectivity index (χ1n) is 44.7. The van der Waals surface area contributed by atoms with Crippen LogP contribution in [0.1, 0.15) is 48.7 Å². The smallest absolute Gasteiger partial charge is 0.308 e. The molecular formula is C111H84Br4N16O6S. The first-order chi connectivity index (χ1) is 66.6. The van der Waals surface area contributed by atoms with Gasteiger partial charge in [0.15, 0.2) is 5.82 Å². The Morgan fingerprint density at radius 3 is 1.33 bits per heavy atom. The molecule has 25 aromatic rings. The van der Waals surface area contributed by atoms with Crippen molar-refractivity contribution in [1.82, 2.24) is 58.4 Å². The Morgan fingerprint density at radius 2 is 0.804 bits per heavy atom. The van der Waals surface area contributed by atoms with Crippen LogP contribution in [0.4, 0.5) is 11.4 Å². The van der Waals surface area contributed by atoms with E-state index < -0.39 is 33.5 Å². The van der Waals surface area contributed by atoms with E-state index in [0.29, 0.717) is 39.6 Å². The van der Waals surface area contributed by atoms with E-state index in [-0.39, 0.29) is 23.8 Å². The number of nitrogens with two attached hydrogens (primary N) is 3. The van der Waals surface area contributed by atoms with Crippen molar-refractivity contribution in [3.8, 4) is 45.6 Å². The van der Waals surface area contributed by atoms with Crippen molar-refractivity contribution in [2.75, 3.05) is 17.6 Å². The van der Waals surface area contributed by atoms with Gasteiger partial charge >= 0.3 is 5.97 Å². The Kier molecular flexibility index (Phi) is 22.2. The zero-order valence-electron chi connectivity index (χ0n) is 75.0. The molecule has 17 aromatic carbocycles. The number of aryl methyl sites for hydroxylation is 3. The fourth-order valence-corrected chi connectivity index (χ4v) is 22.1. The summed E-state index contributed by atoms with van der Waals surface area (Å²) in [5.41, 5.74) is 36.2. The van der Waals surface area contributed by atoms with Gasteiger partial charge in [-0.05, 0) is 206 Å². The predicted octanol–water partition coefficient (Wildman–Crippen LogP) is 27.4. The molecule has 1 atom stereocenters. The lowest BCUT2D eigenvalue weighted by Gasteiger charge is -2.20. The second-order valence-electron chi connectivity index (χ2n) is 35.7. The van der Waals surface area contributed by atoms with Crippen LogP contribution in [0, 0.1) is 20.8 Å². The highest BCUT2D eigenvalue weighted by molar-refractivity contribution is 9.11. The summed E-state index contributed by atoms with van der Waals surface area (Å²) in [4.78, 5) is 79.1. The number of nitrogens with zero attached hydrogens (tertiary/aromatic N) is 6. The van der Waals surface area contributed by atoms with Crippen LogP contribution >= 0.6 is 63.7 Å². The number of nitrogen functional groups attached to an aromatic ring is 1. The number of H-pyrrole nitrogens is 6. The molecule has 8 aromatic heterocycles. The molecule has 0 aliphatic heterocycles. The molecule has 0 saturated heterocycles. The van der Waals surface area contributed by atoms with Gasteiger partial charge in [0.05, 0.1) is 68.0 Å². The van der Waals surface area contributed by atoms with Crippen LogP contribution < -0.4 is 22.5 Å². The molecule has 0 saturated carbocycles. The van der Waals surface area contributed by atoms with Gasteiger partial charge in [-0.3, -0.25) is 19.0 Å². The summed E-state index contributed by atoms with van der Waals surface area (Å²) in [6.07, 6.45) is 7.50. The van der Waals surface area contributed by atoms with Crippen molar-refractivity contribution in [3.05, 3.63) is 326 Å². The number of aromatic amines is 6. The van der Waals surface area contributed by atoms with Crippen molar-refractivity contribution in [3.63, 3.8) is 0 Å². The maximum absolute atomic E-state index is 14.5. The topological polar surface area (TPSA) is 341 Å². The first kappa shape index (κ1) is 88.3. The predicted molar refractivity (Wildman–Crippen MR) is 576 cm³/mol. The Hall–Kier alpha value is -14.9. The Balaban J connectivity index is 0.000000107. The molecule has 0 unspecified atom stereocenters. The maximum Gasteiger partial charge on any atom is 0.308 e. The molecule has 13 N–H and O–H groups in total. The molecule has 0 radical (unpaired) electrons. The summed E-state index contributed by atoms with van der Waals surface area (Å²) in [6, 6.07) is 87.2. The molecule has 1 amide bonds. The number of nitrogens with one attached hydrogen (secondary N) is 7. The third-order valence-corrected chi connectivity index (χ3v) is 29.1. The number of imidazole rings is 4. The van der Waals surface area contributed by atoms with E-state index in [9.17, 15) is 22.8 Å². The first-order valence-corrected chi connectivity index (χ1v) is 49.3. The van der Waals surface area contributed by atoms with Gasteiger partial charge < -0.3 is 57.2 Å². The van der Waals surface area contributed by atoms with Gasteiger partial charge in [0.1, 0.15) is 23.1 Å². The van der Waals surface area contributed by atoms with E-state index in [1.165, 1.54) is 36.6 Å². The molecule has 27 heteroatoms. The highest BCUT2D eigenvalue weighted by atomic mass is 79.9. The number of amides is 1. The Morgan fingerprint density at radius 1 is 0.406 bits per heavy atom. The Bertz CT molecular complexity index is 9470. The van der Waals surface area contributed by atoms with E-state index in [4.69, 9.17) is 41.9 Å². The molecule has 8 heterocycles. The number of anilines is 2. The lowest BCUT2D eigenvalue weighted by atomic mass is 9.97. The van der Waals surface area contributed by atoms with Gasteiger partial charge in [-0.2, -0.15) is 0 Å². The summed E-state index contributed by atoms with van der Waals surface area (Å²) in [5.74, 6) is 1.39. The summed E-state index contributed by atoms with van der Waals surface area (Å²) in [6.45, 7) is 11.4. The number of hydrogen-bond acceptors (Lipinski definition) is 13. The van der Waals surface area contributed by atoms with Gasteiger partial charge in [-0.1, -0.05) is 226 Å². The van der Waals surface area contributed by atoms with Crippen molar-refractivity contribution in [2.45, 2.75) is 64.5 Å². The maximum atomic E-state index is 14.5. The quantitative estimate of drug-likeness (QED) is 0.0327. The number of benzene rings is 17. The zero-order valence-corrected chi connectivity index (χ0v) is 82.1. The minimum atomic E-state index is -4.06. The van der Waals surface area contributed by atoms with Gasteiger partial charge in [0, 0.05) is 163 Å². The van der Waals surface area contributed by atoms with Crippen LogP contribution in [0.2, 0.25) is 0 Å². The molecule has 678 valence electrons. The third kappa shape index (κ3) is 15.6. The normalized spacial score (nSPS) is 12.3. The number of carbonyl (C=O) groups excluding carboxylic acids is 3. The number of carbonyl (C=O) groups is 3. The minimum Gasteiger partial charge on any atom is -0.460 e. The highest BCUT2D eigenvalue weighted by Crippen LogP contribution is 2.47. The molecule has 0 bridgehead atoms. The molecule has 138 heavy (non-hydrogen) atoms. The lowest BCUT2D eigenvalue weighted by molar-refractivity contribution is -0.155. The number of rotatable bonds is 11. The van der Waals surface area contributed by atoms with Crippen molar-refractivity contribution < 1.29 is 27.5 Å². The highest BCUT2D eigenvalue weighted by Gasteiger charge is 2.32. The van der Waals surface area contributed by atoms with E-state index in [2.05, 4.69) is 198 Å². The minimum absolute atomic E-state index is 0.105. The molecule has 22 nitrogen and oxygen atoms in total. The average Bonchev–Trinajstić information content (AvgIpc) is 1.57. The standard InChI is InChI=1S/C31H28BrN5O3.C30H21BrN4O2S.C25H17BrN4O.C25H18BrN3/c1-31(2,3)40-26(38)14-24(33)30(39)35-17-9-10-19-18-6-4-5-7-20(18)27-28(22(19)13-17)37-29(36-27)23-15-34-25-11-8-16(32)12-21(23)25;1-17-6-10-20(11-7-17)38(36,37)35-29-25-15-19(32)9-12-22(25)21-4-2-3-5-23(21)28(29)34-30(35)26-16-33-27-13-8-18(31)14-24(26)27;26-14-9-10-21-19(11-14)20(13-28-21)25-29-23-17-7-3-1-5-15(17)16-6-2-4-8-18(16)24(23)30(25)22(31)12-27;1-13-3-6-16-17-7-4-14(2)10-20(17)24-23(19(16)9-13)28-25(29-24)21-12-27-22-8-5-15(26)11-18(21)22/h4-13,15,24,34H,14,33H2,1-3H3,(H,35,39)(H,36,37);2-16,33H,32H2,1H3;1-11,13,28H,12,27H2;3-12,27H,1-2H3,(H,28,29)/t24-;;;/m0.../s1. The monoisotopic (exact) mass is 2080 g/mol. The molecule has 0 aliphatic rings. The van der Waals surface area contributed by atoms with Crippen LogP contribution in [0.5, 0.6) is 0 Å². The summed E-state index contributed by atoms with van der Waals surface area (Å²) < 4.78 is 41.2. The van der Waals surface area contributed by atoms with Gasteiger partial charge in [0.25, 0.3) is 10.0 Å². The van der Waals surface area contributed by atoms with Gasteiger partial charge in [-0.25, -0.2) is 32.3 Å². The molecule has 25 rings (SSSR count). The second-order valence-corrected chi connectivity index (χ2v) is 41.1. The number of halogens is 4. The molecule has 0 spiro atoms. The molecule has 0 fully saturated rings. The Labute approximate surface area is 821 Å². The summed E-state index contributed by atoms with van der Waals surface area (Å²) >= 11 is 14.3. The van der Waals surface area contributed by atoms with E-state index in [1.807, 2.05) is 189 Å². The number of fused-ring (bicyclic) bond motifs is 28. The van der Waals surface area contributed by atoms with E-state index in [1.54, 1.807) is 49.6 Å². The number of aromatic nitrogens is 12. The van der Waals surface area contributed by atoms with Crippen LogP contribution in [0.15, 0.2) is 314 Å². The third-order valence-electron chi connectivity index (χ3n) is 25.4. The largest absolute Gasteiger partial charge is 0.460 e. The van der Waals surface area contributed by atoms with E-state index in [0.717, 1.165) is 193 Å². The van der Waals surface area contributed by atoms with Gasteiger partial charge in [-0.15, -0.1) is 0 Å². The number of ether oxygens (including phenoxy) is 1. The lowest BCUT2D eigenvalue weighted by Crippen LogP contribution is -2.39. The second kappa shape index (κ2) is 34.7. The molecule has 0 aliphatic carbocycles.